The van der Waals surface area contributed by atoms with E-state index in [4.69, 9.17) is 19.8 Å². The first-order chi connectivity index (χ1) is 6.46. The normalized spacial score (nSPS) is 12.1. The van der Waals surface area contributed by atoms with E-state index in [1.807, 2.05) is 0 Å². The van der Waals surface area contributed by atoms with Crippen LogP contribution < -0.4 is 15.5 Å². The predicted octanol–water partition coefficient (Wildman–Crippen LogP) is -2.93. The van der Waals surface area contributed by atoms with Crippen LogP contribution in [0, 0.1) is 0 Å². The third-order valence-electron chi connectivity index (χ3n) is 1.21. The van der Waals surface area contributed by atoms with Crippen molar-refractivity contribution in [1.29, 1.82) is 0 Å². The van der Waals surface area contributed by atoms with Gasteiger partial charge in [-0.05, 0) is 39.8 Å². The molecule has 0 amide bonds. The van der Waals surface area contributed by atoms with Gasteiger partial charge in [0.25, 0.3) is 0 Å². The summed E-state index contributed by atoms with van der Waals surface area (Å²) in [5.74, 6) is -2.17. The van der Waals surface area contributed by atoms with E-state index in [1.54, 1.807) is 0 Å². The first-order valence-corrected chi connectivity index (χ1v) is 4.52. The second-order valence-corrected chi connectivity index (χ2v) is 2.79. The van der Waals surface area contributed by atoms with E-state index in [9.17, 15) is 0 Å². The van der Waals surface area contributed by atoms with Crippen molar-refractivity contribution in [3.05, 3.63) is 0 Å². The standard InChI is InChI=1S/C5H11N.2C2H4O2.Mg.H2O/c1-2-4-6-5-3-1;2*1-2(3)4;;/h6H,1-5H2;2*1H3,(H,3,4);;1H2/q;;;+2;/p-2. The average molecular weight is 246 g/mol. The molecule has 0 bridgehead atoms. The van der Waals surface area contributed by atoms with Crippen LogP contribution in [0.3, 0.4) is 0 Å². The molecule has 1 rings (SSSR count). The van der Waals surface area contributed by atoms with Crippen molar-refractivity contribution in [3.8, 4) is 0 Å². The van der Waals surface area contributed by atoms with Crippen LogP contribution in [0.1, 0.15) is 33.1 Å². The number of hydrogen-bond acceptors (Lipinski definition) is 5. The largest absolute Gasteiger partial charge is 2.00 e. The Morgan fingerprint density at radius 1 is 0.938 bits per heavy atom. The number of rotatable bonds is 0. The molecule has 92 valence electrons. The number of carboxylic acid groups (broad SMARTS) is 2. The molecule has 1 fully saturated rings. The van der Waals surface area contributed by atoms with E-state index < -0.39 is 11.9 Å². The van der Waals surface area contributed by atoms with Gasteiger partial charge in [-0.15, -0.1) is 0 Å². The molecule has 0 unspecified atom stereocenters. The third kappa shape index (κ3) is 68.6. The zero-order chi connectivity index (χ0) is 11.4. The fraction of sp³-hybridized carbons (Fsp3) is 0.778. The molecular formula is C9H19MgNO5. The minimum Gasteiger partial charge on any atom is -0.550 e. The zero-order valence-electron chi connectivity index (χ0n) is 9.88. The van der Waals surface area contributed by atoms with Crippen LogP contribution in [0.15, 0.2) is 0 Å². The summed E-state index contributed by atoms with van der Waals surface area (Å²) in [5.41, 5.74) is 0. The van der Waals surface area contributed by atoms with Gasteiger partial charge < -0.3 is 30.6 Å². The van der Waals surface area contributed by atoms with Crippen molar-refractivity contribution in [3.63, 3.8) is 0 Å². The van der Waals surface area contributed by atoms with Gasteiger partial charge in [0, 0.05) is 11.9 Å². The van der Waals surface area contributed by atoms with Crippen molar-refractivity contribution in [2.45, 2.75) is 33.1 Å². The van der Waals surface area contributed by atoms with Crippen molar-refractivity contribution >= 4 is 35.0 Å². The van der Waals surface area contributed by atoms with Gasteiger partial charge in [0.05, 0.1) is 0 Å². The second-order valence-electron chi connectivity index (χ2n) is 2.79. The van der Waals surface area contributed by atoms with Crippen molar-refractivity contribution in [2.75, 3.05) is 13.1 Å². The molecule has 3 N–H and O–H groups in total. The summed E-state index contributed by atoms with van der Waals surface area (Å²) >= 11 is 0. The van der Waals surface area contributed by atoms with Gasteiger partial charge in [0.15, 0.2) is 0 Å². The number of nitrogens with one attached hydrogen (secondary N) is 1. The topological polar surface area (TPSA) is 124 Å². The maximum atomic E-state index is 8.89. The van der Waals surface area contributed by atoms with Crippen molar-refractivity contribution in [2.24, 2.45) is 0 Å². The Bertz CT molecular complexity index is 130. The van der Waals surface area contributed by atoms with E-state index in [2.05, 4.69) is 5.32 Å². The number of hydrogen-bond donors (Lipinski definition) is 1. The summed E-state index contributed by atoms with van der Waals surface area (Å²) in [6.07, 6.45) is 4.22. The van der Waals surface area contributed by atoms with E-state index in [0.29, 0.717) is 0 Å². The predicted molar refractivity (Wildman–Crippen MR) is 57.5 cm³/mol. The molecule has 0 spiro atoms. The maximum Gasteiger partial charge on any atom is 2.00 e. The van der Waals surface area contributed by atoms with Crippen LogP contribution in [0.25, 0.3) is 0 Å². The number of carboxylic acids is 2. The molecule has 0 aliphatic carbocycles. The van der Waals surface area contributed by atoms with Gasteiger partial charge in [-0.1, -0.05) is 6.42 Å². The average Bonchev–Trinajstić information content (AvgIpc) is 2.05. The molecular weight excluding hydrogens is 226 g/mol. The Balaban J connectivity index is -0.0000000660. The number of carbonyl (C=O) groups excluding carboxylic acids is 2. The molecule has 1 aliphatic heterocycles. The van der Waals surface area contributed by atoms with Crippen LogP contribution in [-0.4, -0.2) is 53.6 Å². The molecule has 1 aliphatic rings. The SMILES string of the molecule is C1CCNCC1.CC(=O)[O-].CC(=O)[O-].O.[Mg+2]. The second kappa shape index (κ2) is 20.1. The van der Waals surface area contributed by atoms with Crippen LogP contribution in [-0.2, 0) is 9.59 Å². The van der Waals surface area contributed by atoms with Crippen LogP contribution in [0.2, 0.25) is 0 Å². The molecule has 1 saturated heterocycles. The zero-order valence-corrected chi connectivity index (χ0v) is 11.3. The smallest absolute Gasteiger partial charge is 0.550 e. The summed E-state index contributed by atoms with van der Waals surface area (Å²) in [7, 11) is 0. The summed E-state index contributed by atoms with van der Waals surface area (Å²) in [6.45, 7) is 4.44. The molecule has 7 heteroatoms. The molecule has 0 radical (unpaired) electrons. The Morgan fingerprint density at radius 2 is 1.19 bits per heavy atom. The Hall–Kier alpha value is -0.374. The van der Waals surface area contributed by atoms with E-state index in [0.717, 1.165) is 13.8 Å². The van der Waals surface area contributed by atoms with Gasteiger partial charge in [-0.2, -0.15) is 0 Å². The van der Waals surface area contributed by atoms with Crippen molar-refractivity contribution < 1.29 is 25.3 Å². The van der Waals surface area contributed by atoms with E-state index in [-0.39, 0.29) is 28.5 Å². The van der Waals surface area contributed by atoms with Gasteiger partial charge in [-0.25, -0.2) is 0 Å². The van der Waals surface area contributed by atoms with Crippen LogP contribution in [0.4, 0.5) is 0 Å². The summed E-state index contributed by atoms with van der Waals surface area (Å²) in [5, 5.41) is 21.1. The Labute approximate surface area is 112 Å². The maximum absolute atomic E-state index is 8.89. The van der Waals surface area contributed by atoms with E-state index in [1.165, 1.54) is 32.4 Å². The van der Waals surface area contributed by atoms with Gasteiger partial charge in [0.2, 0.25) is 0 Å². The van der Waals surface area contributed by atoms with Crippen LogP contribution >= 0.6 is 0 Å². The fourth-order valence-electron chi connectivity index (χ4n) is 0.802. The molecule has 6 nitrogen and oxygen atoms in total. The number of piperidine rings is 1. The molecule has 16 heavy (non-hydrogen) atoms. The quantitative estimate of drug-likeness (QED) is 0.458. The third-order valence-corrected chi connectivity index (χ3v) is 1.21. The molecule has 0 aromatic heterocycles. The molecule has 0 saturated carbocycles. The van der Waals surface area contributed by atoms with Gasteiger partial charge in [0.1, 0.15) is 0 Å². The van der Waals surface area contributed by atoms with E-state index >= 15 is 0 Å². The molecule has 0 aromatic carbocycles. The minimum atomic E-state index is -1.08. The molecule has 1 heterocycles. The summed E-state index contributed by atoms with van der Waals surface area (Å²) < 4.78 is 0. The first-order valence-electron chi connectivity index (χ1n) is 4.52. The summed E-state index contributed by atoms with van der Waals surface area (Å²) in [4.78, 5) is 17.8. The molecule has 0 atom stereocenters. The van der Waals surface area contributed by atoms with Gasteiger partial charge in [-0.3, -0.25) is 0 Å². The summed E-state index contributed by atoms with van der Waals surface area (Å²) in [6, 6.07) is 0. The monoisotopic (exact) mass is 245 g/mol. The first kappa shape index (κ1) is 24.7. The number of carbonyl (C=O) groups is 2. The Kier molecular flexibility index (Phi) is 31.1. The van der Waals surface area contributed by atoms with Crippen molar-refractivity contribution in [1.82, 2.24) is 5.32 Å². The fourth-order valence-corrected chi connectivity index (χ4v) is 0.802. The number of aliphatic carboxylic acids is 2. The minimum absolute atomic E-state index is 0. The van der Waals surface area contributed by atoms with Crippen LogP contribution in [0.5, 0.6) is 0 Å². The Morgan fingerprint density at radius 3 is 1.25 bits per heavy atom. The van der Waals surface area contributed by atoms with Gasteiger partial charge >= 0.3 is 23.1 Å². The molecule has 0 aromatic rings.